The van der Waals surface area contributed by atoms with E-state index in [1.807, 2.05) is 54.3 Å². The van der Waals surface area contributed by atoms with Crippen molar-refractivity contribution < 1.29 is 4.79 Å². The number of carbonyl (C=O) groups excluding carboxylic acids is 1. The average molecular weight is 467 g/mol. The van der Waals surface area contributed by atoms with Crippen molar-refractivity contribution in [2.75, 3.05) is 31.5 Å². The van der Waals surface area contributed by atoms with Crippen LogP contribution in [-0.4, -0.2) is 61.9 Å². The predicted molar refractivity (Wildman–Crippen MR) is 133 cm³/mol. The molecule has 4 aromatic rings. The molecule has 1 saturated heterocycles. The lowest BCUT2D eigenvalue weighted by atomic mass is 10.1. The Morgan fingerprint density at radius 2 is 1.66 bits per heavy atom. The fraction of sp³-hybridized carbons (Fsp3) is 0.231. The van der Waals surface area contributed by atoms with Gasteiger partial charge in [0.05, 0.1) is 0 Å². The van der Waals surface area contributed by atoms with Crippen LogP contribution < -0.4 is 10.6 Å². The summed E-state index contributed by atoms with van der Waals surface area (Å²) in [4.78, 5) is 37.0. The first kappa shape index (κ1) is 22.5. The van der Waals surface area contributed by atoms with Crippen molar-refractivity contribution in [3.8, 4) is 11.5 Å². The van der Waals surface area contributed by atoms with Crippen LogP contribution in [0.4, 0.5) is 11.6 Å². The Bertz CT molecular complexity index is 1320. The molecule has 1 aliphatic heterocycles. The number of benzene rings is 1. The standard InChI is InChI=1S/C26H26N8O/c1-18-3-2-4-21(30-18)25-29-12-10-23(33-25)31-22-9-11-28-24(32-22)17-19-5-7-20(8-6-19)26(35)34-15-13-27-14-16-34/h2-12,27H,13-17H2,1H3,(H,28,29,31,32,33). The van der Waals surface area contributed by atoms with Crippen LogP contribution in [0.15, 0.2) is 67.0 Å². The largest absolute Gasteiger partial charge is 0.336 e. The Kier molecular flexibility index (Phi) is 6.67. The summed E-state index contributed by atoms with van der Waals surface area (Å²) in [6.45, 7) is 5.09. The van der Waals surface area contributed by atoms with E-state index >= 15 is 0 Å². The number of aromatic nitrogens is 5. The third-order valence-corrected chi connectivity index (χ3v) is 5.70. The highest BCUT2D eigenvalue weighted by Crippen LogP contribution is 2.18. The van der Waals surface area contributed by atoms with Gasteiger partial charge < -0.3 is 15.5 Å². The molecule has 0 aliphatic carbocycles. The molecule has 0 unspecified atom stereocenters. The first-order chi connectivity index (χ1) is 17.1. The van der Waals surface area contributed by atoms with Crippen molar-refractivity contribution in [1.29, 1.82) is 0 Å². The molecular weight excluding hydrogens is 440 g/mol. The Balaban J connectivity index is 1.26. The molecule has 1 fully saturated rings. The Hall–Kier alpha value is -4.24. The van der Waals surface area contributed by atoms with E-state index in [-0.39, 0.29) is 5.91 Å². The number of hydrogen-bond donors (Lipinski definition) is 2. The summed E-state index contributed by atoms with van der Waals surface area (Å²) in [5, 5.41) is 6.50. The van der Waals surface area contributed by atoms with E-state index in [2.05, 4.69) is 35.6 Å². The average Bonchev–Trinajstić information content (AvgIpc) is 2.90. The van der Waals surface area contributed by atoms with E-state index in [9.17, 15) is 4.79 Å². The van der Waals surface area contributed by atoms with Crippen molar-refractivity contribution in [1.82, 2.24) is 35.1 Å². The maximum atomic E-state index is 12.7. The van der Waals surface area contributed by atoms with Crippen LogP contribution >= 0.6 is 0 Å². The van der Waals surface area contributed by atoms with Crippen LogP contribution in [0.1, 0.15) is 27.4 Å². The fourth-order valence-corrected chi connectivity index (χ4v) is 3.90. The number of carbonyl (C=O) groups is 1. The number of nitrogens with zero attached hydrogens (tertiary/aromatic N) is 6. The second kappa shape index (κ2) is 10.4. The molecule has 0 bridgehead atoms. The lowest BCUT2D eigenvalue weighted by Crippen LogP contribution is -2.46. The molecule has 1 aliphatic rings. The predicted octanol–water partition coefficient (Wildman–Crippen LogP) is 3.02. The molecular formula is C26H26N8O. The quantitative estimate of drug-likeness (QED) is 0.446. The first-order valence-corrected chi connectivity index (χ1v) is 11.6. The van der Waals surface area contributed by atoms with Crippen molar-refractivity contribution in [2.45, 2.75) is 13.3 Å². The molecule has 9 heteroatoms. The fourth-order valence-electron chi connectivity index (χ4n) is 3.90. The van der Waals surface area contributed by atoms with E-state index in [1.54, 1.807) is 24.5 Å². The maximum absolute atomic E-state index is 12.7. The monoisotopic (exact) mass is 466 g/mol. The highest BCUT2D eigenvalue weighted by molar-refractivity contribution is 5.94. The second-order valence-electron chi connectivity index (χ2n) is 8.33. The minimum atomic E-state index is 0.0746. The van der Waals surface area contributed by atoms with Gasteiger partial charge in [-0.05, 0) is 48.9 Å². The van der Waals surface area contributed by atoms with Gasteiger partial charge in [0, 0.05) is 56.3 Å². The highest BCUT2D eigenvalue weighted by Gasteiger charge is 2.17. The SMILES string of the molecule is Cc1cccc(-c2nccc(Nc3ccnc(Cc4ccc(C(=O)N5CCNCC5)cc4)n3)n2)n1. The van der Waals surface area contributed by atoms with E-state index in [0.29, 0.717) is 35.3 Å². The summed E-state index contributed by atoms with van der Waals surface area (Å²) in [5.74, 6) is 2.56. The van der Waals surface area contributed by atoms with Crippen LogP contribution in [0, 0.1) is 6.92 Å². The normalized spacial score (nSPS) is 13.5. The zero-order valence-corrected chi connectivity index (χ0v) is 19.5. The molecule has 4 heterocycles. The smallest absolute Gasteiger partial charge is 0.253 e. The molecule has 1 amide bonds. The van der Waals surface area contributed by atoms with Crippen molar-refractivity contribution in [3.63, 3.8) is 0 Å². The molecule has 5 rings (SSSR count). The van der Waals surface area contributed by atoms with Gasteiger partial charge in [0.25, 0.3) is 5.91 Å². The maximum Gasteiger partial charge on any atom is 0.253 e. The summed E-state index contributed by atoms with van der Waals surface area (Å²) in [6, 6.07) is 17.0. The molecule has 9 nitrogen and oxygen atoms in total. The lowest BCUT2D eigenvalue weighted by Gasteiger charge is -2.27. The molecule has 2 N–H and O–H groups in total. The Morgan fingerprint density at radius 3 is 2.43 bits per heavy atom. The van der Waals surface area contributed by atoms with Gasteiger partial charge in [-0.3, -0.25) is 4.79 Å². The van der Waals surface area contributed by atoms with Crippen LogP contribution in [0.3, 0.4) is 0 Å². The number of piperazine rings is 1. The van der Waals surface area contributed by atoms with Gasteiger partial charge in [-0.25, -0.2) is 24.9 Å². The number of nitrogens with one attached hydrogen (secondary N) is 2. The minimum absolute atomic E-state index is 0.0746. The number of rotatable bonds is 6. The Labute approximate surface area is 203 Å². The van der Waals surface area contributed by atoms with E-state index in [4.69, 9.17) is 0 Å². The molecule has 0 saturated carbocycles. The van der Waals surface area contributed by atoms with Crippen molar-refractivity contribution in [3.05, 3.63) is 89.6 Å². The molecule has 0 spiro atoms. The van der Waals surface area contributed by atoms with Gasteiger partial charge in [-0.15, -0.1) is 0 Å². The van der Waals surface area contributed by atoms with Gasteiger partial charge in [-0.1, -0.05) is 18.2 Å². The van der Waals surface area contributed by atoms with Crippen LogP contribution in [0.2, 0.25) is 0 Å². The summed E-state index contributed by atoms with van der Waals surface area (Å²) < 4.78 is 0. The van der Waals surface area contributed by atoms with Gasteiger partial charge in [0.2, 0.25) is 0 Å². The zero-order chi connectivity index (χ0) is 24.0. The summed E-state index contributed by atoms with van der Waals surface area (Å²) >= 11 is 0. The van der Waals surface area contributed by atoms with Gasteiger partial charge in [0.1, 0.15) is 23.2 Å². The highest BCUT2D eigenvalue weighted by atomic mass is 16.2. The number of pyridine rings is 1. The molecule has 1 aromatic carbocycles. The van der Waals surface area contributed by atoms with Crippen LogP contribution in [0.5, 0.6) is 0 Å². The molecule has 0 radical (unpaired) electrons. The van der Waals surface area contributed by atoms with Gasteiger partial charge in [0.15, 0.2) is 5.82 Å². The van der Waals surface area contributed by atoms with Crippen molar-refractivity contribution in [2.24, 2.45) is 0 Å². The van der Waals surface area contributed by atoms with Crippen LogP contribution in [0.25, 0.3) is 11.5 Å². The third kappa shape index (κ3) is 5.64. The summed E-state index contributed by atoms with van der Waals surface area (Å²) in [5.41, 5.74) is 3.37. The summed E-state index contributed by atoms with van der Waals surface area (Å²) in [7, 11) is 0. The van der Waals surface area contributed by atoms with E-state index in [0.717, 1.165) is 43.1 Å². The molecule has 0 atom stereocenters. The third-order valence-electron chi connectivity index (χ3n) is 5.70. The topological polar surface area (TPSA) is 109 Å². The van der Waals surface area contributed by atoms with Gasteiger partial charge >= 0.3 is 0 Å². The van der Waals surface area contributed by atoms with Crippen molar-refractivity contribution >= 4 is 17.5 Å². The second-order valence-corrected chi connectivity index (χ2v) is 8.33. The molecule has 3 aromatic heterocycles. The lowest BCUT2D eigenvalue weighted by molar-refractivity contribution is 0.0736. The molecule has 176 valence electrons. The number of anilines is 2. The van der Waals surface area contributed by atoms with E-state index in [1.165, 1.54) is 0 Å². The number of aryl methyl sites for hydroxylation is 1. The first-order valence-electron chi connectivity index (χ1n) is 11.6. The minimum Gasteiger partial charge on any atom is -0.336 e. The number of hydrogen-bond acceptors (Lipinski definition) is 8. The summed E-state index contributed by atoms with van der Waals surface area (Å²) in [6.07, 6.45) is 3.97. The zero-order valence-electron chi connectivity index (χ0n) is 19.5. The number of amides is 1. The van der Waals surface area contributed by atoms with Crippen LogP contribution in [-0.2, 0) is 6.42 Å². The Morgan fingerprint density at radius 1 is 0.914 bits per heavy atom. The molecule has 35 heavy (non-hydrogen) atoms. The van der Waals surface area contributed by atoms with Gasteiger partial charge in [-0.2, -0.15) is 0 Å². The van der Waals surface area contributed by atoms with E-state index < -0.39 is 0 Å².